The lowest BCUT2D eigenvalue weighted by molar-refractivity contribution is -0.138. The van der Waals surface area contributed by atoms with Crippen molar-refractivity contribution in [3.8, 4) is 0 Å². The predicted molar refractivity (Wildman–Crippen MR) is 72.4 cm³/mol. The zero-order valence-corrected chi connectivity index (χ0v) is 12.0. The number of halogens is 2. The van der Waals surface area contributed by atoms with Gasteiger partial charge in [0.2, 0.25) is 0 Å². The van der Waals surface area contributed by atoms with Gasteiger partial charge in [0.1, 0.15) is 0 Å². The fourth-order valence-corrected chi connectivity index (χ4v) is 2.35. The first-order chi connectivity index (χ1) is 8.02. The van der Waals surface area contributed by atoms with Crippen molar-refractivity contribution in [2.24, 2.45) is 0 Å². The van der Waals surface area contributed by atoms with E-state index >= 15 is 0 Å². The summed E-state index contributed by atoms with van der Waals surface area (Å²) >= 11 is 9.45. The predicted octanol–water partition coefficient (Wildman–Crippen LogP) is 3.40. The van der Waals surface area contributed by atoms with Gasteiger partial charge < -0.3 is 5.11 Å². The highest BCUT2D eigenvalue weighted by Gasteiger charge is 2.11. The van der Waals surface area contributed by atoms with Crippen LogP contribution in [0.4, 0.5) is 0 Å². The molecular weight excluding hydrogens is 305 g/mol. The van der Waals surface area contributed by atoms with Crippen molar-refractivity contribution in [1.82, 2.24) is 4.90 Å². The maximum absolute atomic E-state index is 10.7. The largest absolute Gasteiger partial charge is 0.480 e. The van der Waals surface area contributed by atoms with E-state index in [9.17, 15) is 4.79 Å². The van der Waals surface area contributed by atoms with Crippen molar-refractivity contribution in [1.29, 1.82) is 0 Å². The van der Waals surface area contributed by atoms with Gasteiger partial charge in [0.05, 0.1) is 6.54 Å². The number of hydrogen-bond acceptors (Lipinski definition) is 2. The number of hydrogen-bond donors (Lipinski definition) is 1. The number of carboxylic acid groups (broad SMARTS) is 1. The van der Waals surface area contributed by atoms with Gasteiger partial charge in [-0.25, -0.2) is 0 Å². The highest BCUT2D eigenvalue weighted by atomic mass is 79.9. The van der Waals surface area contributed by atoms with Gasteiger partial charge in [0.25, 0.3) is 0 Å². The molecule has 0 spiro atoms. The van der Waals surface area contributed by atoms with E-state index in [0.29, 0.717) is 11.6 Å². The molecule has 94 valence electrons. The highest BCUT2D eigenvalue weighted by molar-refractivity contribution is 9.10. The van der Waals surface area contributed by atoms with Crippen LogP contribution >= 0.6 is 27.5 Å². The molecular formula is C12H15BrClNO2. The molecule has 0 bridgehead atoms. The van der Waals surface area contributed by atoms with E-state index < -0.39 is 5.97 Å². The Balaban J connectivity index is 2.74. The van der Waals surface area contributed by atoms with Crippen LogP contribution in [0.25, 0.3) is 0 Å². The standard InChI is InChI=1S/C12H15BrClNO2/c1-2-5-15(8-12(16)17)7-9-3-4-10(13)6-11(9)14/h3-4,6H,2,5,7-8H2,1H3,(H,16,17). The lowest BCUT2D eigenvalue weighted by atomic mass is 10.2. The summed E-state index contributed by atoms with van der Waals surface area (Å²) in [4.78, 5) is 12.6. The minimum absolute atomic E-state index is 0.0419. The second-order valence-corrected chi connectivity index (χ2v) is 5.16. The van der Waals surface area contributed by atoms with E-state index in [1.54, 1.807) is 0 Å². The molecule has 0 aliphatic carbocycles. The molecule has 0 aliphatic rings. The molecule has 1 rings (SSSR count). The van der Waals surface area contributed by atoms with E-state index in [0.717, 1.165) is 23.0 Å². The molecule has 0 saturated carbocycles. The van der Waals surface area contributed by atoms with Crippen molar-refractivity contribution < 1.29 is 9.90 Å². The Labute approximate surface area is 115 Å². The van der Waals surface area contributed by atoms with E-state index in [4.69, 9.17) is 16.7 Å². The van der Waals surface area contributed by atoms with Crippen LogP contribution in [0.15, 0.2) is 22.7 Å². The number of carboxylic acids is 1. The van der Waals surface area contributed by atoms with E-state index in [1.165, 1.54) is 0 Å². The molecule has 0 fully saturated rings. The lowest BCUT2D eigenvalue weighted by Gasteiger charge is -2.20. The summed E-state index contributed by atoms with van der Waals surface area (Å²) in [5.41, 5.74) is 0.949. The zero-order chi connectivity index (χ0) is 12.8. The molecule has 0 saturated heterocycles. The average molecular weight is 321 g/mol. The number of benzene rings is 1. The van der Waals surface area contributed by atoms with Gasteiger partial charge in [-0.3, -0.25) is 9.69 Å². The summed E-state index contributed by atoms with van der Waals surface area (Å²) in [5, 5.41) is 9.48. The van der Waals surface area contributed by atoms with Crippen molar-refractivity contribution >= 4 is 33.5 Å². The molecule has 0 radical (unpaired) electrons. The topological polar surface area (TPSA) is 40.5 Å². The minimum Gasteiger partial charge on any atom is -0.480 e. The molecule has 0 unspecified atom stereocenters. The SMILES string of the molecule is CCCN(CC(=O)O)Cc1ccc(Br)cc1Cl. The first-order valence-electron chi connectivity index (χ1n) is 5.41. The third-order valence-electron chi connectivity index (χ3n) is 2.31. The second kappa shape index (κ2) is 6.99. The third-order valence-corrected chi connectivity index (χ3v) is 3.15. The van der Waals surface area contributed by atoms with Crippen LogP contribution in [-0.4, -0.2) is 29.1 Å². The summed E-state index contributed by atoms with van der Waals surface area (Å²) < 4.78 is 0.923. The number of carbonyl (C=O) groups is 1. The van der Waals surface area contributed by atoms with Crippen LogP contribution in [0.3, 0.4) is 0 Å². The highest BCUT2D eigenvalue weighted by Crippen LogP contribution is 2.22. The molecule has 1 N–H and O–H groups in total. The molecule has 5 heteroatoms. The Bertz CT molecular complexity index is 398. The molecule has 1 aromatic carbocycles. The van der Waals surface area contributed by atoms with Crippen LogP contribution in [0.5, 0.6) is 0 Å². The summed E-state index contributed by atoms with van der Waals surface area (Å²) in [6.45, 7) is 3.38. The number of rotatable bonds is 6. The fraction of sp³-hybridized carbons (Fsp3) is 0.417. The molecule has 0 atom stereocenters. The maximum Gasteiger partial charge on any atom is 0.317 e. The fourth-order valence-electron chi connectivity index (χ4n) is 1.61. The van der Waals surface area contributed by atoms with Gasteiger partial charge in [0.15, 0.2) is 0 Å². The first-order valence-corrected chi connectivity index (χ1v) is 6.58. The monoisotopic (exact) mass is 319 g/mol. The summed E-state index contributed by atoms with van der Waals surface area (Å²) in [6.07, 6.45) is 0.918. The molecule has 0 heterocycles. The van der Waals surface area contributed by atoms with Crippen molar-refractivity contribution in [2.75, 3.05) is 13.1 Å². The second-order valence-electron chi connectivity index (χ2n) is 3.84. The molecule has 3 nitrogen and oxygen atoms in total. The van der Waals surface area contributed by atoms with Gasteiger partial charge in [-0.1, -0.05) is 40.5 Å². The van der Waals surface area contributed by atoms with E-state index in [-0.39, 0.29) is 6.54 Å². The van der Waals surface area contributed by atoms with Crippen molar-refractivity contribution in [2.45, 2.75) is 19.9 Å². The Morgan fingerprint density at radius 1 is 1.53 bits per heavy atom. The van der Waals surface area contributed by atoms with E-state index in [2.05, 4.69) is 15.9 Å². The molecule has 1 aromatic rings. The van der Waals surface area contributed by atoms with E-state index in [1.807, 2.05) is 30.0 Å². The first kappa shape index (κ1) is 14.5. The molecule has 0 amide bonds. The van der Waals surface area contributed by atoms with Gasteiger partial charge in [-0.05, 0) is 30.7 Å². The Kier molecular flexibility index (Phi) is 5.95. The lowest BCUT2D eigenvalue weighted by Crippen LogP contribution is -2.30. The molecule has 0 aromatic heterocycles. The number of nitrogens with zero attached hydrogens (tertiary/aromatic N) is 1. The van der Waals surface area contributed by atoms with Crippen LogP contribution < -0.4 is 0 Å². The van der Waals surface area contributed by atoms with Crippen molar-refractivity contribution in [3.05, 3.63) is 33.3 Å². The number of aliphatic carboxylic acids is 1. The summed E-state index contributed by atoms with van der Waals surface area (Å²) in [6, 6.07) is 5.64. The van der Waals surface area contributed by atoms with Gasteiger partial charge in [0, 0.05) is 16.0 Å². The maximum atomic E-state index is 10.7. The Hall–Kier alpha value is -0.580. The smallest absolute Gasteiger partial charge is 0.317 e. The summed E-state index contributed by atoms with van der Waals surface area (Å²) in [7, 11) is 0. The third kappa shape index (κ3) is 5.06. The van der Waals surface area contributed by atoms with Crippen LogP contribution in [0, 0.1) is 0 Å². The Morgan fingerprint density at radius 3 is 2.76 bits per heavy atom. The van der Waals surface area contributed by atoms with Crippen molar-refractivity contribution in [3.63, 3.8) is 0 Å². The molecule has 0 aliphatic heterocycles. The zero-order valence-electron chi connectivity index (χ0n) is 9.62. The average Bonchev–Trinajstić information content (AvgIpc) is 2.21. The normalized spacial score (nSPS) is 10.8. The quantitative estimate of drug-likeness (QED) is 0.873. The minimum atomic E-state index is -0.813. The molecule has 17 heavy (non-hydrogen) atoms. The van der Waals surface area contributed by atoms with Crippen LogP contribution in [-0.2, 0) is 11.3 Å². The van der Waals surface area contributed by atoms with Gasteiger partial charge in [-0.15, -0.1) is 0 Å². The summed E-state index contributed by atoms with van der Waals surface area (Å²) in [5.74, 6) is -0.813. The van der Waals surface area contributed by atoms with Gasteiger partial charge in [-0.2, -0.15) is 0 Å². The van der Waals surface area contributed by atoms with Crippen LogP contribution in [0.2, 0.25) is 5.02 Å². The van der Waals surface area contributed by atoms with Gasteiger partial charge >= 0.3 is 5.97 Å². The van der Waals surface area contributed by atoms with Crippen LogP contribution in [0.1, 0.15) is 18.9 Å². The Morgan fingerprint density at radius 2 is 2.24 bits per heavy atom.